The lowest BCUT2D eigenvalue weighted by Gasteiger charge is -2.57. The lowest BCUT2D eigenvalue weighted by Crippen LogP contribution is -2.58. The molecule has 1 aromatic rings. The minimum atomic E-state index is 0.525. The first kappa shape index (κ1) is 12.9. The molecule has 1 N–H and O–H groups in total. The molecule has 1 heteroatoms. The molecule has 0 amide bonds. The zero-order valence-corrected chi connectivity index (χ0v) is 12.7. The Morgan fingerprint density at radius 1 is 1.00 bits per heavy atom. The van der Waals surface area contributed by atoms with E-state index in [9.17, 15) is 0 Å². The van der Waals surface area contributed by atoms with Crippen LogP contribution in [0.2, 0.25) is 0 Å². The number of nitrogens with one attached hydrogen (secondary N) is 1. The Morgan fingerprint density at radius 3 is 2.20 bits per heavy atom. The molecule has 4 bridgehead atoms. The van der Waals surface area contributed by atoms with Gasteiger partial charge in [-0.2, -0.15) is 0 Å². The summed E-state index contributed by atoms with van der Waals surface area (Å²) in [6.07, 6.45) is 10.2. The van der Waals surface area contributed by atoms with Gasteiger partial charge in [0.1, 0.15) is 0 Å². The van der Waals surface area contributed by atoms with Crippen molar-refractivity contribution in [2.45, 2.75) is 57.4 Å². The quantitative estimate of drug-likeness (QED) is 0.868. The van der Waals surface area contributed by atoms with E-state index in [1.165, 1.54) is 56.1 Å². The number of rotatable bonds is 4. The summed E-state index contributed by atoms with van der Waals surface area (Å²) < 4.78 is 0. The molecule has 0 saturated heterocycles. The van der Waals surface area contributed by atoms with Gasteiger partial charge in [0.2, 0.25) is 0 Å². The van der Waals surface area contributed by atoms with Gasteiger partial charge in [0, 0.05) is 5.54 Å². The van der Waals surface area contributed by atoms with Gasteiger partial charge in [0.25, 0.3) is 0 Å². The zero-order valence-electron chi connectivity index (χ0n) is 12.7. The standard InChI is InChI=1S/C19H27N/c1-14-4-2-3-5-18(14)6-7-20-19-11-15-8-16(12-19)10-17(9-15)13-19/h2-5,15-17,20H,6-13H2,1H3. The number of aryl methyl sites for hydroxylation is 1. The van der Waals surface area contributed by atoms with Gasteiger partial charge < -0.3 is 5.32 Å². The first-order valence-corrected chi connectivity index (χ1v) is 8.52. The SMILES string of the molecule is Cc1ccccc1CCNC12CC3CC(CC(C3)C1)C2. The minimum absolute atomic E-state index is 0.525. The summed E-state index contributed by atoms with van der Waals surface area (Å²) >= 11 is 0. The van der Waals surface area contributed by atoms with Gasteiger partial charge in [-0.25, -0.2) is 0 Å². The largest absolute Gasteiger partial charge is 0.311 e. The van der Waals surface area contributed by atoms with Crippen LogP contribution in [0.25, 0.3) is 0 Å². The van der Waals surface area contributed by atoms with Crippen molar-refractivity contribution in [2.24, 2.45) is 17.8 Å². The Balaban J connectivity index is 1.39. The van der Waals surface area contributed by atoms with Gasteiger partial charge in [-0.1, -0.05) is 24.3 Å². The molecular formula is C19H27N. The fraction of sp³-hybridized carbons (Fsp3) is 0.684. The maximum Gasteiger partial charge on any atom is 0.0189 e. The topological polar surface area (TPSA) is 12.0 Å². The zero-order chi connectivity index (χ0) is 13.6. The van der Waals surface area contributed by atoms with E-state index in [-0.39, 0.29) is 0 Å². The molecule has 0 heterocycles. The molecule has 5 rings (SSSR count). The second-order valence-electron chi connectivity index (χ2n) is 7.80. The summed E-state index contributed by atoms with van der Waals surface area (Å²) in [5, 5.41) is 4.00. The van der Waals surface area contributed by atoms with Crippen molar-refractivity contribution in [3.63, 3.8) is 0 Å². The van der Waals surface area contributed by atoms with E-state index < -0.39 is 0 Å². The minimum Gasteiger partial charge on any atom is -0.311 e. The van der Waals surface area contributed by atoms with Crippen molar-refractivity contribution < 1.29 is 0 Å². The molecular weight excluding hydrogens is 242 g/mol. The molecule has 0 radical (unpaired) electrons. The summed E-state index contributed by atoms with van der Waals surface area (Å²) in [7, 11) is 0. The predicted molar refractivity (Wildman–Crippen MR) is 83.8 cm³/mol. The van der Waals surface area contributed by atoms with Gasteiger partial charge in [-0.15, -0.1) is 0 Å². The molecule has 1 nitrogen and oxygen atoms in total. The lowest BCUT2D eigenvalue weighted by molar-refractivity contribution is -0.0192. The van der Waals surface area contributed by atoms with E-state index in [1.54, 1.807) is 0 Å². The van der Waals surface area contributed by atoms with E-state index >= 15 is 0 Å². The molecule has 1 aromatic carbocycles. The fourth-order valence-electron chi connectivity index (χ4n) is 5.68. The Morgan fingerprint density at radius 2 is 1.60 bits per heavy atom. The van der Waals surface area contributed by atoms with Crippen LogP contribution in [0.15, 0.2) is 24.3 Å². The molecule has 4 aliphatic rings. The Kier molecular flexibility index (Phi) is 3.14. The number of hydrogen-bond donors (Lipinski definition) is 1. The van der Waals surface area contributed by atoms with Crippen LogP contribution in [0.4, 0.5) is 0 Å². The third kappa shape index (κ3) is 2.30. The Hall–Kier alpha value is -0.820. The van der Waals surface area contributed by atoms with Gasteiger partial charge in [0.05, 0.1) is 0 Å². The lowest BCUT2D eigenvalue weighted by atomic mass is 9.53. The average Bonchev–Trinajstić information content (AvgIpc) is 2.39. The van der Waals surface area contributed by atoms with Gasteiger partial charge in [-0.3, -0.25) is 0 Å². The van der Waals surface area contributed by atoms with Crippen molar-refractivity contribution in [1.82, 2.24) is 5.32 Å². The van der Waals surface area contributed by atoms with E-state index in [1.807, 2.05) is 0 Å². The van der Waals surface area contributed by atoms with Crippen molar-refractivity contribution in [3.05, 3.63) is 35.4 Å². The Labute approximate surface area is 123 Å². The third-order valence-corrected chi connectivity index (χ3v) is 6.19. The summed E-state index contributed by atoms with van der Waals surface area (Å²) in [5.74, 6) is 3.15. The maximum absolute atomic E-state index is 4.00. The second-order valence-corrected chi connectivity index (χ2v) is 7.80. The fourth-order valence-corrected chi connectivity index (χ4v) is 5.68. The number of hydrogen-bond acceptors (Lipinski definition) is 1. The first-order chi connectivity index (χ1) is 9.72. The summed E-state index contributed by atoms with van der Waals surface area (Å²) in [5.41, 5.74) is 3.49. The van der Waals surface area contributed by atoms with E-state index in [4.69, 9.17) is 0 Å². The van der Waals surface area contributed by atoms with Crippen LogP contribution in [-0.4, -0.2) is 12.1 Å². The second kappa shape index (κ2) is 4.87. The van der Waals surface area contributed by atoms with Crippen LogP contribution in [0.3, 0.4) is 0 Å². The molecule has 0 aromatic heterocycles. The molecule has 20 heavy (non-hydrogen) atoms. The summed E-state index contributed by atoms with van der Waals surface area (Å²) in [4.78, 5) is 0. The van der Waals surface area contributed by atoms with Gasteiger partial charge in [-0.05, 0) is 87.3 Å². The van der Waals surface area contributed by atoms with Crippen molar-refractivity contribution in [3.8, 4) is 0 Å². The normalized spacial score (nSPS) is 38.4. The van der Waals surface area contributed by atoms with Crippen LogP contribution in [0.1, 0.15) is 49.7 Å². The molecule has 4 aliphatic carbocycles. The highest BCUT2D eigenvalue weighted by Crippen LogP contribution is 2.55. The Bertz CT molecular complexity index is 455. The summed E-state index contributed by atoms with van der Waals surface area (Å²) in [6, 6.07) is 8.84. The van der Waals surface area contributed by atoms with Crippen LogP contribution < -0.4 is 5.32 Å². The van der Waals surface area contributed by atoms with Crippen molar-refractivity contribution >= 4 is 0 Å². The summed E-state index contributed by atoms with van der Waals surface area (Å²) in [6.45, 7) is 3.40. The van der Waals surface area contributed by atoms with Crippen LogP contribution in [0, 0.1) is 24.7 Å². The molecule has 0 atom stereocenters. The number of benzene rings is 1. The highest BCUT2D eigenvalue weighted by Gasteiger charge is 2.50. The van der Waals surface area contributed by atoms with Crippen molar-refractivity contribution in [2.75, 3.05) is 6.54 Å². The average molecular weight is 269 g/mol. The molecule has 4 saturated carbocycles. The maximum atomic E-state index is 4.00. The van der Waals surface area contributed by atoms with Crippen molar-refractivity contribution in [1.29, 1.82) is 0 Å². The van der Waals surface area contributed by atoms with Gasteiger partial charge >= 0.3 is 0 Å². The van der Waals surface area contributed by atoms with E-state index in [0.29, 0.717) is 5.54 Å². The molecule has 0 aliphatic heterocycles. The third-order valence-electron chi connectivity index (χ3n) is 6.19. The highest BCUT2D eigenvalue weighted by molar-refractivity contribution is 5.25. The van der Waals surface area contributed by atoms with Crippen LogP contribution >= 0.6 is 0 Å². The van der Waals surface area contributed by atoms with E-state index in [2.05, 4.69) is 36.5 Å². The smallest absolute Gasteiger partial charge is 0.0189 e. The predicted octanol–water partition coefficient (Wildman–Crippen LogP) is 4.10. The van der Waals surface area contributed by atoms with Crippen LogP contribution in [0.5, 0.6) is 0 Å². The monoisotopic (exact) mass is 269 g/mol. The van der Waals surface area contributed by atoms with Crippen LogP contribution in [-0.2, 0) is 6.42 Å². The van der Waals surface area contributed by atoms with Gasteiger partial charge in [0.15, 0.2) is 0 Å². The molecule has 108 valence electrons. The highest BCUT2D eigenvalue weighted by atomic mass is 15.0. The molecule has 0 unspecified atom stereocenters. The molecule has 4 fully saturated rings. The van der Waals surface area contributed by atoms with E-state index in [0.717, 1.165) is 24.3 Å². The molecule has 0 spiro atoms. The first-order valence-electron chi connectivity index (χ1n) is 8.52.